The lowest BCUT2D eigenvalue weighted by Gasteiger charge is -2.39. The Balaban J connectivity index is 1.70. The Morgan fingerprint density at radius 3 is 2.18 bits per heavy atom. The second kappa shape index (κ2) is 5.68. The summed E-state index contributed by atoms with van der Waals surface area (Å²) in [6.45, 7) is 12.9. The fraction of sp³-hybridized carbons (Fsp3) is 1.00. The molecule has 2 aliphatic rings. The first-order valence-corrected chi connectivity index (χ1v) is 7.30. The Labute approximate surface area is 106 Å². The van der Waals surface area contributed by atoms with Gasteiger partial charge in [-0.25, -0.2) is 0 Å². The molecule has 0 aromatic rings. The van der Waals surface area contributed by atoms with Crippen LogP contribution in [0.4, 0.5) is 0 Å². The zero-order chi connectivity index (χ0) is 12.3. The van der Waals surface area contributed by atoms with Crippen LogP contribution in [0.2, 0.25) is 0 Å². The van der Waals surface area contributed by atoms with Crippen molar-refractivity contribution in [2.45, 2.75) is 33.1 Å². The van der Waals surface area contributed by atoms with Crippen LogP contribution in [0.15, 0.2) is 0 Å². The summed E-state index contributed by atoms with van der Waals surface area (Å²) in [5, 5.41) is 0. The zero-order valence-corrected chi connectivity index (χ0v) is 11.6. The van der Waals surface area contributed by atoms with Crippen molar-refractivity contribution in [3.8, 4) is 0 Å². The number of piperazine rings is 1. The van der Waals surface area contributed by atoms with Crippen LogP contribution >= 0.6 is 0 Å². The second-order valence-electron chi connectivity index (χ2n) is 6.39. The molecule has 0 spiro atoms. The van der Waals surface area contributed by atoms with Crippen molar-refractivity contribution in [1.82, 2.24) is 9.80 Å². The highest BCUT2D eigenvalue weighted by molar-refractivity contribution is 4.84. The Hall–Kier alpha value is -0.120. The predicted molar refractivity (Wildman–Crippen MR) is 73.1 cm³/mol. The second-order valence-corrected chi connectivity index (χ2v) is 6.39. The van der Waals surface area contributed by atoms with Gasteiger partial charge >= 0.3 is 0 Å². The molecule has 0 aromatic heterocycles. The third kappa shape index (κ3) is 3.94. The van der Waals surface area contributed by atoms with E-state index in [1.165, 1.54) is 58.5 Å². The van der Waals surface area contributed by atoms with Crippen LogP contribution in [0.1, 0.15) is 33.1 Å². The first kappa shape index (κ1) is 13.3. The fourth-order valence-corrected chi connectivity index (χ4v) is 2.66. The van der Waals surface area contributed by atoms with Gasteiger partial charge in [-0.05, 0) is 37.1 Å². The third-order valence-electron chi connectivity index (χ3n) is 4.63. The number of nitrogens with two attached hydrogens (primary N) is 1. The van der Waals surface area contributed by atoms with Gasteiger partial charge in [-0.1, -0.05) is 13.8 Å². The van der Waals surface area contributed by atoms with Crippen molar-refractivity contribution >= 4 is 0 Å². The quantitative estimate of drug-likeness (QED) is 0.760. The van der Waals surface area contributed by atoms with Gasteiger partial charge < -0.3 is 15.5 Å². The van der Waals surface area contributed by atoms with E-state index in [9.17, 15) is 0 Å². The highest BCUT2D eigenvalue weighted by Crippen LogP contribution is 2.30. The summed E-state index contributed by atoms with van der Waals surface area (Å²) >= 11 is 0. The number of hydrogen-bond donors (Lipinski definition) is 1. The largest absolute Gasteiger partial charge is 0.330 e. The van der Waals surface area contributed by atoms with Crippen molar-refractivity contribution in [3.63, 3.8) is 0 Å². The molecule has 0 aromatic carbocycles. The van der Waals surface area contributed by atoms with Crippen LogP contribution in [-0.4, -0.2) is 55.6 Å². The molecule has 2 fully saturated rings. The van der Waals surface area contributed by atoms with E-state index in [1.807, 2.05) is 0 Å². The van der Waals surface area contributed by atoms with Crippen molar-refractivity contribution in [3.05, 3.63) is 0 Å². The molecule has 1 aliphatic heterocycles. The molecule has 2 N–H and O–H groups in total. The monoisotopic (exact) mass is 239 g/mol. The molecule has 1 saturated heterocycles. The SMILES string of the molecule is CCC(C)(CN)CN1CCN(CC2CC2)CC1. The molecule has 1 heterocycles. The van der Waals surface area contributed by atoms with Gasteiger partial charge in [-0.15, -0.1) is 0 Å². The summed E-state index contributed by atoms with van der Waals surface area (Å²) in [7, 11) is 0. The highest BCUT2D eigenvalue weighted by atomic mass is 15.3. The topological polar surface area (TPSA) is 32.5 Å². The molecule has 1 unspecified atom stereocenters. The highest BCUT2D eigenvalue weighted by Gasteiger charge is 2.29. The van der Waals surface area contributed by atoms with Gasteiger partial charge in [0.05, 0.1) is 0 Å². The third-order valence-corrected chi connectivity index (χ3v) is 4.63. The number of hydrogen-bond acceptors (Lipinski definition) is 3. The molecule has 0 radical (unpaired) electrons. The maximum absolute atomic E-state index is 5.90. The van der Waals surface area contributed by atoms with Crippen molar-refractivity contribution < 1.29 is 0 Å². The fourth-order valence-electron chi connectivity index (χ4n) is 2.66. The van der Waals surface area contributed by atoms with Crippen LogP contribution in [0.3, 0.4) is 0 Å². The molecule has 2 rings (SSSR count). The Morgan fingerprint density at radius 1 is 1.12 bits per heavy atom. The number of rotatable bonds is 6. The van der Waals surface area contributed by atoms with Gasteiger partial charge in [0.2, 0.25) is 0 Å². The normalized spacial score (nSPS) is 27.0. The average Bonchev–Trinajstić information content (AvgIpc) is 3.15. The van der Waals surface area contributed by atoms with E-state index in [0.29, 0.717) is 5.41 Å². The minimum atomic E-state index is 0.318. The first-order chi connectivity index (χ1) is 8.15. The first-order valence-electron chi connectivity index (χ1n) is 7.30. The van der Waals surface area contributed by atoms with Crippen LogP contribution in [0, 0.1) is 11.3 Å². The zero-order valence-electron chi connectivity index (χ0n) is 11.6. The molecule has 0 amide bonds. The van der Waals surface area contributed by atoms with Crippen molar-refractivity contribution in [2.75, 3.05) is 45.8 Å². The van der Waals surface area contributed by atoms with E-state index in [-0.39, 0.29) is 0 Å². The van der Waals surface area contributed by atoms with Crippen molar-refractivity contribution in [2.24, 2.45) is 17.1 Å². The molecule has 3 heteroatoms. The molecule has 17 heavy (non-hydrogen) atoms. The predicted octanol–water partition coefficient (Wildman–Crippen LogP) is 1.39. The molecule has 1 aliphatic carbocycles. The molecule has 1 atom stereocenters. The van der Waals surface area contributed by atoms with Crippen LogP contribution in [-0.2, 0) is 0 Å². The average molecular weight is 239 g/mol. The minimum Gasteiger partial charge on any atom is -0.330 e. The smallest absolute Gasteiger partial charge is 0.0110 e. The Bertz CT molecular complexity index is 226. The lowest BCUT2D eigenvalue weighted by molar-refractivity contribution is 0.0894. The summed E-state index contributed by atoms with van der Waals surface area (Å²) < 4.78 is 0. The summed E-state index contributed by atoms with van der Waals surface area (Å²) in [5.74, 6) is 1.03. The van der Waals surface area contributed by atoms with E-state index in [1.54, 1.807) is 0 Å². The van der Waals surface area contributed by atoms with Gasteiger partial charge in [0.25, 0.3) is 0 Å². The molecule has 3 nitrogen and oxygen atoms in total. The molecular weight excluding hydrogens is 210 g/mol. The van der Waals surface area contributed by atoms with E-state index in [4.69, 9.17) is 5.73 Å². The summed E-state index contributed by atoms with van der Waals surface area (Å²) in [5.41, 5.74) is 6.22. The summed E-state index contributed by atoms with van der Waals surface area (Å²) in [6.07, 6.45) is 4.13. The summed E-state index contributed by atoms with van der Waals surface area (Å²) in [6, 6.07) is 0. The van der Waals surface area contributed by atoms with Gasteiger partial charge in [0, 0.05) is 39.3 Å². The Kier molecular flexibility index (Phi) is 4.45. The van der Waals surface area contributed by atoms with E-state index in [2.05, 4.69) is 23.6 Å². The Morgan fingerprint density at radius 2 is 1.71 bits per heavy atom. The van der Waals surface area contributed by atoms with Gasteiger partial charge in [0.15, 0.2) is 0 Å². The maximum Gasteiger partial charge on any atom is 0.0110 e. The van der Waals surface area contributed by atoms with Gasteiger partial charge in [-0.2, -0.15) is 0 Å². The molecule has 100 valence electrons. The standard InChI is InChI=1S/C14H29N3/c1-3-14(2,11-15)12-17-8-6-16(7-9-17)10-13-4-5-13/h13H,3-12,15H2,1-2H3. The molecular formula is C14H29N3. The molecule has 1 saturated carbocycles. The lowest BCUT2D eigenvalue weighted by atomic mass is 9.87. The lowest BCUT2D eigenvalue weighted by Crippen LogP contribution is -2.50. The van der Waals surface area contributed by atoms with E-state index < -0.39 is 0 Å². The van der Waals surface area contributed by atoms with Crippen molar-refractivity contribution in [1.29, 1.82) is 0 Å². The van der Waals surface area contributed by atoms with Crippen LogP contribution in [0.25, 0.3) is 0 Å². The summed E-state index contributed by atoms with van der Waals surface area (Å²) in [4.78, 5) is 5.26. The maximum atomic E-state index is 5.90. The van der Waals surface area contributed by atoms with E-state index in [0.717, 1.165) is 12.5 Å². The van der Waals surface area contributed by atoms with Crippen LogP contribution < -0.4 is 5.73 Å². The van der Waals surface area contributed by atoms with Gasteiger partial charge in [0.1, 0.15) is 0 Å². The molecule has 0 bridgehead atoms. The number of nitrogens with zero attached hydrogens (tertiary/aromatic N) is 2. The van der Waals surface area contributed by atoms with E-state index >= 15 is 0 Å². The van der Waals surface area contributed by atoms with Gasteiger partial charge in [-0.3, -0.25) is 0 Å². The minimum absolute atomic E-state index is 0.318. The van der Waals surface area contributed by atoms with Crippen LogP contribution in [0.5, 0.6) is 0 Å².